The van der Waals surface area contributed by atoms with Gasteiger partial charge in [0.2, 0.25) is 0 Å². The quantitative estimate of drug-likeness (QED) is 0.627. The van der Waals surface area contributed by atoms with Gasteiger partial charge in [0.25, 0.3) is 0 Å². The summed E-state index contributed by atoms with van der Waals surface area (Å²) < 4.78 is 0. The minimum absolute atomic E-state index is 0. The molecule has 0 heterocycles. The van der Waals surface area contributed by atoms with Crippen LogP contribution in [0, 0.1) is 6.07 Å². The second-order valence-electron chi connectivity index (χ2n) is 4.18. The van der Waals surface area contributed by atoms with E-state index in [2.05, 4.69) is 62.3 Å². The molecule has 0 aliphatic heterocycles. The van der Waals surface area contributed by atoms with Crippen LogP contribution in [0.3, 0.4) is 0 Å². The number of halogens is 1. The summed E-state index contributed by atoms with van der Waals surface area (Å²) in [5, 5.41) is 0. The van der Waals surface area contributed by atoms with Crippen LogP contribution in [0.25, 0.3) is 0 Å². The van der Waals surface area contributed by atoms with Gasteiger partial charge < -0.3 is 22.2 Å². The number of nitrogens with zero attached hydrogens (tertiary/aromatic N) is 2. The van der Waals surface area contributed by atoms with E-state index in [1.807, 2.05) is 0 Å². The molecule has 4 heteroatoms. The Hall–Kier alpha value is 0.0923. The Morgan fingerprint density at radius 2 is 1.31 bits per heavy atom. The van der Waals surface area contributed by atoms with Gasteiger partial charge in [0.15, 0.2) is 0 Å². The molecule has 0 bridgehead atoms. The summed E-state index contributed by atoms with van der Waals surface area (Å²) in [4.78, 5) is 4.32. The molecule has 0 saturated carbocycles. The monoisotopic (exact) mass is 332 g/mol. The molecular weight excluding hydrogens is 314 g/mol. The first-order valence-electron chi connectivity index (χ1n) is 4.87. The fraction of sp³-hybridized carbons (Fsp3) is 0.500. The minimum Gasteiger partial charge on any atom is -1.00 e. The van der Waals surface area contributed by atoms with Gasteiger partial charge in [-0.05, 0) is 45.4 Å². The largest absolute Gasteiger partial charge is 1.00 e. The third-order valence-electron chi connectivity index (χ3n) is 1.89. The van der Waals surface area contributed by atoms with E-state index >= 15 is 0 Å². The smallest absolute Gasteiger partial charge is 0.0233 e. The standard InChI is InChI=1S/C12H19N2.ClH.Pd/c1-13(2)9-11-6-5-7-12(8-11)10-14(3)4;;/h5-7H,9-10H2,1-4H3;1H;/p-1. The Kier molecular flexibility index (Phi) is 10.6. The first-order chi connectivity index (χ1) is 6.58. The molecule has 1 rings (SSSR count). The van der Waals surface area contributed by atoms with Crippen molar-refractivity contribution in [3.8, 4) is 0 Å². The van der Waals surface area contributed by atoms with Crippen LogP contribution in [0.2, 0.25) is 0 Å². The SMILES string of the molecule is CN(C)Cc1[c]c(CN(C)C)ccc1.[Cl-].[Pd]. The van der Waals surface area contributed by atoms with Crippen molar-refractivity contribution in [2.24, 2.45) is 0 Å². The number of hydrogen-bond donors (Lipinski definition) is 0. The molecule has 1 aromatic carbocycles. The average Bonchev–Trinajstić information content (AvgIpc) is 2.01. The van der Waals surface area contributed by atoms with E-state index in [-0.39, 0.29) is 32.8 Å². The Balaban J connectivity index is 0. The van der Waals surface area contributed by atoms with Gasteiger partial charge in [-0.1, -0.05) is 18.2 Å². The summed E-state index contributed by atoms with van der Waals surface area (Å²) in [6.45, 7) is 1.92. The zero-order chi connectivity index (χ0) is 10.6. The van der Waals surface area contributed by atoms with Crippen LogP contribution in [-0.2, 0) is 33.5 Å². The van der Waals surface area contributed by atoms with E-state index in [0.29, 0.717) is 0 Å². The summed E-state index contributed by atoms with van der Waals surface area (Å²) >= 11 is 0. The summed E-state index contributed by atoms with van der Waals surface area (Å²) in [6.07, 6.45) is 0. The molecule has 0 atom stereocenters. The Bertz CT molecular complexity index is 265. The normalized spacial score (nSPS) is 9.88. The molecule has 0 aromatic heterocycles. The maximum atomic E-state index is 3.42. The summed E-state index contributed by atoms with van der Waals surface area (Å²) in [5.41, 5.74) is 2.52. The first-order valence-corrected chi connectivity index (χ1v) is 4.87. The minimum atomic E-state index is 0. The summed E-state index contributed by atoms with van der Waals surface area (Å²) in [5.74, 6) is 0. The van der Waals surface area contributed by atoms with Crippen molar-refractivity contribution in [2.75, 3.05) is 28.2 Å². The first kappa shape index (κ1) is 18.5. The van der Waals surface area contributed by atoms with E-state index in [1.54, 1.807) is 0 Å². The molecule has 0 aliphatic carbocycles. The molecule has 0 fully saturated rings. The van der Waals surface area contributed by atoms with Gasteiger partial charge >= 0.3 is 0 Å². The molecule has 0 unspecified atom stereocenters. The van der Waals surface area contributed by atoms with Gasteiger partial charge in [-0.2, -0.15) is 0 Å². The maximum absolute atomic E-state index is 3.42. The van der Waals surface area contributed by atoms with Crippen LogP contribution in [0.5, 0.6) is 0 Å². The van der Waals surface area contributed by atoms with Crippen molar-refractivity contribution in [2.45, 2.75) is 13.1 Å². The Morgan fingerprint density at radius 1 is 0.938 bits per heavy atom. The molecule has 0 aliphatic rings. The van der Waals surface area contributed by atoms with Crippen molar-refractivity contribution >= 4 is 0 Å². The van der Waals surface area contributed by atoms with Crippen molar-refractivity contribution < 1.29 is 32.8 Å². The van der Waals surface area contributed by atoms with Gasteiger partial charge in [0.05, 0.1) is 0 Å². The van der Waals surface area contributed by atoms with Crippen LogP contribution < -0.4 is 12.4 Å². The van der Waals surface area contributed by atoms with Gasteiger partial charge in [-0.25, -0.2) is 0 Å². The van der Waals surface area contributed by atoms with Gasteiger partial charge in [-0.15, -0.1) is 0 Å². The predicted molar refractivity (Wildman–Crippen MR) is 60.1 cm³/mol. The number of hydrogen-bond acceptors (Lipinski definition) is 2. The van der Waals surface area contributed by atoms with Crippen molar-refractivity contribution in [1.29, 1.82) is 0 Å². The van der Waals surface area contributed by atoms with Gasteiger partial charge in [0, 0.05) is 33.5 Å². The van der Waals surface area contributed by atoms with E-state index in [1.165, 1.54) is 11.1 Å². The molecule has 1 aromatic rings. The molecule has 95 valence electrons. The molecule has 0 amide bonds. The van der Waals surface area contributed by atoms with Gasteiger partial charge in [0.1, 0.15) is 0 Å². The van der Waals surface area contributed by atoms with Crippen LogP contribution in [0.4, 0.5) is 0 Å². The molecule has 16 heavy (non-hydrogen) atoms. The maximum Gasteiger partial charge on any atom is 0.0233 e. The summed E-state index contributed by atoms with van der Waals surface area (Å²) in [7, 11) is 8.30. The molecule has 2 nitrogen and oxygen atoms in total. The second-order valence-corrected chi connectivity index (χ2v) is 4.18. The van der Waals surface area contributed by atoms with E-state index in [9.17, 15) is 0 Å². The van der Waals surface area contributed by atoms with Crippen molar-refractivity contribution in [3.63, 3.8) is 0 Å². The zero-order valence-corrected chi connectivity index (χ0v) is 12.5. The van der Waals surface area contributed by atoms with Gasteiger partial charge in [-0.3, -0.25) is 0 Å². The van der Waals surface area contributed by atoms with Crippen LogP contribution in [-0.4, -0.2) is 38.0 Å². The van der Waals surface area contributed by atoms with Crippen LogP contribution in [0.1, 0.15) is 11.1 Å². The number of rotatable bonds is 4. The fourth-order valence-electron chi connectivity index (χ4n) is 1.44. The molecule has 0 saturated heterocycles. The van der Waals surface area contributed by atoms with Crippen molar-refractivity contribution in [1.82, 2.24) is 9.80 Å². The van der Waals surface area contributed by atoms with Crippen molar-refractivity contribution in [3.05, 3.63) is 35.4 Å². The Morgan fingerprint density at radius 3 is 1.62 bits per heavy atom. The predicted octanol–water partition coefficient (Wildman–Crippen LogP) is -1.39. The fourth-order valence-corrected chi connectivity index (χ4v) is 1.44. The average molecular weight is 333 g/mol. The molecular formula is C12H19ClN2Pd-. The second kappa shape index (κ2) is 9.16. The third kappa shape index (κ3) is 7.38. The zero-order valence-electron chi connectivity index (χ0n) is 10.2. The van der Waals surface area contributed by atoms with E-state index < -0.39 is 0 Å². The molecule has 1 radical (unpaired) electrons. The number of benzene rings is 1. The third-order valence-corrected chi connectivity index (χ3v) is 1.89. The van der Waals surface area contributed by atoms with Crippen LogP contribution in [0.15, 0.2) is 18.2 Å². The van der Waals surface area contributed by atoms with E-state index in [4.69, 9.17) is 0 Å². The Labute approximate surface area is 119 Å². The molecule has 0 N–H and O–H groups in total. The topological polar surface area (TPSA) is 6.48 Å². The van der Waals surface area contributed by atoms with Crippen LogP contribution >= 0.6 is 0 Å². The van der Waals surface area contributed by atoms with E-state index in [0.717, 1.165) is 13.1 Å². The molecule has 0 spiro atoms. The summed E-state index contributed by atoms with van der Waals surface area (Å²) in [6, 6.07) is 9.78.